The zero-order valence-electron chi connectivity index (χ0n) is 13.4. The minimum absolute atomic E-state index is 0.180. The van der Waals surface area contributed by atoms with Gasteiger partial charge in [-0.1, -0.05) is 22.9 Å². The fourth-order valence-corrected chi connectivity index (χ4v) is 4.00. The van der Waals surface area contributed by atoms with Gasteiger partial charge in [-0.15, -0.1) is 0 Å². The van der Waals surface area contributed by atoms with Crippen LogP contribution in [-0.4, -0.2) is 44.5 Å². The number of hydrogen-bond acceptors (Lipinski definition) is 7. The molecule has 4 heterocycles. The van der Waals surface area contributed by atoms with Crippen LogP contribution in [0.3, 0.4) is 0 Å². The van der Waals surface area contributed by atoms with Gasteiger partial charge in [0.25, 0.3) is 5.91 Å². The number of nitrogens with one attached hydrogen (secondary N) is 1. The summed E-state index contributed by atoms with van der Waals surface area (Å²) in [4.78, 5) is 32.2. The van der Waals surface area contributed by atoms with Crippen molar-refractivity contribution in [2.75, 3.05) is 18.0 Å². The molecule has 1 saturated heterocycles. The summed E-state index contributed by atoms with van der Waals surface area (Å²) in [6.45, 7) is 3.40. The van der Waals surface area contributed by atoms with E-state index in [-0.39, 0.29) is 11.4 Å². The predicted molar refractivity (Wildman–Crippen MR) is 97.2 cm³/mol. The van der Waals surface area contributed by atoms with Crippen LogP contribution >= 0.6 is 22.9 Å². The summed E-state index contributed by atoms with van der Waals surface area (Å²) in [5.41, 5.74) is 0.361. The average Bonchev–Trinajstić information content (AvgIpc) is 3.19. The van der Waals surface area contributed by atoms with Crippen LogP contribution < -0.4 is 10.2 Å². The normalized spacial score (nSPS) is 20.2. The van der Waals surface area contributed by atoms with Gasteiger partial charge in [-0.05, 0) is 25.5 Å². The lowest BCUT2D eigenvalue weighted by Gasteiger charge is -2.26. The number of carbonyl (C=O) groups excluding carboxylic acids is 1. The zero-order valence-corrected chi connectivity index (χ0v) is 15.0. The SMILES string of the molecule is CC1(NC(=O)c2nc3cccnc3s2)CCN(c2ncncc2Cl)C1. The molecule has 1 unspecified atom stereocenters. The molecule has 0 aromatic carbocycles. The number of carbonyl (C=O) groups is 1. The second kappa shape index (κ2) is 6.20. The van der Waals surface area contributed by atoms with Crippen molar-refractivity contribution in [3.8, 4) is 0 Å². The highest BCUT2D eigenvalue weighted by Gasteiger charge is 2.37. The van der Waals surface area contributed by atoms with Gasteiger partial charge < -0.3 is 10.2 Å². The first-order valence-electron chi connectivity index (χ1n) is 7.79. The summed E-state index contributed by atoms with van der Waals surface area (Å²) < 4.78 is 0. The molecule has 128 valence electrons. The molecular formula is C16H15ClN6OS. The monoisotopic (exact) mass is 374 g/mol. The topological polar surface area (TPSA) is 83.9 Å². The molecule has 1 aliphatic rings. The quantitative estimate of drug-likeness (QED) is 0.758. The Morgan fingerprint density at radius 2 is 2.32 bits per heavy atom. The first-order chi connectivity index (χ1) is 12.0. The Balaban J connectivity index is 1.50. The maximum Gasteiger partial charge on any atom is 0.280 e. The Morgan fingerprint density at radius 3 is 3.12 bits per heavy atom. The number of halogens is 1. The summed E-state index contributed by atoms with van der Waals surface area (Å²) in [5, 5.41) is 4.04. The van der Waals surface area contributed by atoms with E-state index >= 15 is 0 Å². The molecule has 1 atom stereocenters. The van der Waals surface area contributed by atoms with Crippen molar-refractivity contribution in [3.63, 3.8) is 0 Å². The molecule has 0 bridgehead atoms. The van der Waals surface area contributed by atoms with Gasteiger partial charge >= 0.3 is 0 Å². The molecule has 3 aromatic heterocycles. The number of pyridine rings is 1. The lowest BCUT2D eigenvalue weighted by Crippen LogP contribution is -2.48. The average molecular weight is 375 g/mol. The van der Waals surface area contributed by atoms with Gasteiger partial charge in [-0.25, -0.2) is 19.9 Å². The standard InChI is InChI=1S/C16H15ClN6OS/c1-16(4-6-23(8-16)12-10(17)7-18-9-20-12)22-13(24)15-21-11-3-2-5-19-14(11)25-15/h2-3,5,7,9H,4,6,8H2,1H3,(H,22,24). The number of thiazole rings is 1. The highest BCUT2D eigenvalue weighted by Crippen LogP contribution is 2.30. The Labute approximate surface area is 153 Å². The highest BCUT2D eigenvalue weighted by atomic mass is 35.5. The van der Waals surface area contributed by atoms with E-state index in [1.165, 1.54) is 17.7 Å². The molecule has 4 rings (SSSR count). The van der Waals surface area contributed by atoms with Crippen molar-refractivity contribution in [2.24, 2.45) is 0 Å². The van der Waals surface area contributed by atoms with Gasteiger partial charge in [0.2, 0.25) is 0 Å². The van der Waals surface area contributed by atoms with Gasteiger partial charge in [-0.3, -0.25) is 4.79 Å². The lowest BCUT2D eigenvalue weighted by atomic mass is 10.0. The van der Waals surface area contributed by atoms with Gasteiger partial charge in [-0.2, -0.15) is 0 Å². The van der Waals surface area contributed by atoms with Crippen molar-refractivity contribution in [1.29, 1.82) is 0 Å². The molecular weight excluding hydrogens is 360 g/mol. The molecule has 1 N–H and O–H groups in total. The molecule has 1 fully saturated rings. The van der Waals surface area contributed by atoms with Crippen LogP contribution in [0, 0.1) is 0 Å². The summed E-state index contributed by atoms with van der Waals surface area (Å²) in [5.74, 6) is 0.514. The molecule has 3 aromatic rings. The summed E-state index contributed by atoms with van der Waals surface area (Å²) in [6, 6.07) is 3.66. The molecule has 1 amide bonds. The zero-order chi connectivity index (χ0) is 17.4. The Hall–Kier alpha value is -2.32. The lowest BCUT2D eigenvalue weighted by molar-refractivity contribution is 0.0913. The number of fused-ring (bicyclic) bond motifs is 1. The molecule has 0 spiro atoms. The first-order valence-corrected chi connectivity index (χ1v) is 8.98. The van der Waals surface area contributed by atoms with E-state index in [1.807, 2.05) is 19.1 Å². The molecule has 0 aliphatic carbocycles. The summed E-state index contributed by atoms with van der Waals surface area (Å²) >= 11 is 7.47. The van der Waals surface area contributed by atoms with E-state index in [9.17, 15) is 4.79 Å². The van der Waals surface area contributed by atoms with Crippen LogP contribution in [0.25, 0.3) is 10.3 Å². The summed E-state index contributed by atoms with van der Waals surface area (Å²) in [7, 11) is 0. The highest BCUT2D eigenvalue weighted by molar-refractivity contribution is 7.19. The van der Waals surface area contributed by atoms with Crippen molar-refractivity contribution in [2.45, 2.75) is 18.9 Å². The van der Waals surface area contributed by atoms with Crippen molar-refractivity contribution in [3.05, 3.63) is 40.9 Å². The van der Waals surface area contributed by atoms with Crippen LogP contribution in [0.15, 0.2) is 30.9 Å². The van der Waals surface area contributed by atoms with E-state index in [4.69, 9.17) is 11.6 Å². The smallest absolute Gasteiger partial charge is 0.280 e. The number of anilines is 1. The van der Waals surface area contributed by atoms with E-state index in [2.05, 4.69) is 30.2 Å². The van der Waals surface area contributed by atoms with Gasteiger partial charge in [0.15, 0.2) is 10.8 Å². The maximum absolute atomic E-state index is 12.6. The molecule has 1 aliphatic heterocycles. The molecule has 7 nitrogen and oxygen atoms in total. The predicted octanol–water partition coefficient (Wildman–Crippen LogP) is 2.53. The van der Waals surface area contributed by atoms with Crippen LogP contribution in [0.5, 0.6) is 0 Å². The number of rotatable bonds is 3. The van der Waals surface area contributed by atoms with Crippen molar-refractivity contribution in [1.82, 2.24) is 25.3 Å². The Bertz CT molecular complexity index is 914. The minimum atomic E-state index is -0.378. The second-order valence-electron chi connectivity index (χ2n) is 6.23. The molecule has 0 saturated carbocycles. The molecule has 9 heteroatoms. The van der Waals surface area contributed by atoms with Gasteiger partial charge in [0, 0.05) is 19.3 Å². The Kier molecular flexibility index (Phi) is 4.01. The molecule has 0 radical (unpaired) electrons. The van der Waals surface area contributed by atoms with Crippen LogP contribution in [-0.2, 0) is 0 Å². The fourth-order valence-electron chi connectivity index (χ4n) is 2.98. The van der Waals surface area contributed by atoms with Crippen molar-refractivity contribution >= 4 is 45.0 Å². The third-order valence-corrected chi connectivity index (χ3v) is 5.44. The fraction of sp³-hybridized carbons (Fsp3) is 0.312. The van der Waals surface area contributed by atoms with E-state index in [1.54, 1.807) is 12.4 Å². The van der Waals surface area contributed by atoms with Crippen LogP contribution in [0.1, 0.15) is 23.1 Å². The first kappa shape index (κ1) is 16.2. The molecule has 25 heavy (non-hydrogen) atoms. The van der Waals surface area contributed by atoms with Crippen LogP contribution in [0.2, 0.25) is 5.02 Å². The number of nitrogens with zero attached hydrogens (tertiary/aromatic N) is 5. The Morgan fingerprint density at radius 1 is 1.44 bits per heavy atom. The number of amides is 1. The third-order valence-electron chi connectivity index (χ3n) is 4.20. The summed E-state index contributed by atoms with van der Waals surface area (Å²) in [6.07, 6.45) is 5.54. The van der Waals surface area contributed by atoms with E-state index in [0.717, 1.165) is 23.3 Å². The number of aromatic nitrogens is 4. The maximum atomic E-state index is 12.6. The van der Waals surface area contributed by atoms with Crippen molar-refractivity contribution < 1.29 is 4.79 Å². The van der Waals surface area contributed by atoms with E-state index in [0.29, 0.717) is 22.4 Å². The third kappa shape index (κ3) is 3.14. The van der Waals surface area contributed by atoms with Crippen LogP contribution in [0.4, 0.5) is 5.82 Å². The van der Waals surface area contributed by atoms with Gasteiger partial charge in [0.1, 0.15) is 21.7 Å². The van der Waals surface area contributed by atoms with Gasteiger partial charge in [0.05, 0.1) is 11.7 Å². The number of hydrogen-bond donors (Lipinski definition) is 1. The van der Waals surface area contributed by atoms with E-state index < -0.39 is 0 Å². The largest absolute Gasteiger partial charge is 0.353 e. The minimum Gasteiger partial charge on any atom is -0.353 e. The second-order valence-corrected chi connectivity index (χ2v) is 7.61.